The smallest absolute Gasteiger partial charge is 0.307 e. The van der Waals surface area contributed by atoms with E-state index in [9.17, 15) is 9.59 Å². The summed E-state index contributed by atoms with van der Waals surface area (Å²) in [7, 11) is 0. The van der Waals surface area contributed by atoms with Crippen LogP contribution in [0.15, 0.2) is 0 Å². The van der Waals surface area contributed by atoms with Gasteiger partial charge < -0.3 is 10.0 Å². The summed E-state index contributed by atoms with van der Waals surface area (Å²) >= 11 is 0. The van der Waals surface area contributed by atoms with Crippen LogP contribution < -0.4 is 0 Å². The molecule has 1 aliphatic carbocycles. The van der Waals surface area contributed by atoms with E-state index < -0.39 is 11.9 Å². The zero-order chi connectivity index (χ0) is 13.7. The molecule has 2 unspecified atom stereocenters. The van der Waals surface area contributed by atoms with E-state index in [1.54, 1.807) is 0 Å². The van der Waals surface area contributed by atoms with Crippen molar-refractivity contribution in [3.8, 4) is 0 Å². The molecule has 0 aromatic carbocycles. The Morgan fingerprint density at radius 3 is 2.33 bits per heavy atom. The first-order valence-electron chi connectivity index (χ1n) is 6.87. The zero-order valence-corrected chi connectivity index (χ0v) is 11.6. The molecule has 102 valence electrons. The molecule has 4 nitrogen and oxygen atoms in total. The van der Waals surface area contributed by atoms with Crippen LogP contribution in [-0.2, 0) is 9.59 Å². The molecule has 1 N–H and O–H groups in total. The van der Waals surface area contributed by atoms with Crippen LogP contribution in [0.5, 0.6) is 0 Å². The van der Waals surface area contributed by atoms with Crippen molar-refractivity contribution < 1.29 is 14.7 Å². The average Bonchev–Trinajstić information content (AvgIpc) is 2.66. The summed E-state index contributed by atoms with van der Waals surface area (Å²) in [4.78, 5) is 25.7. The third kappa shape index (κ3) is 1.82. The normalized spacial score (nSPS) is 37.7. The predicted octanol–water partition coefficient (Wildman–Crippen LogP) is 2.13. The van der Waals surface area contributed by atoms with E-state index in [1.165, 1.54) is 0 Å². The minimum absolute atomic E-state index is 0.0595. The first-order valence-corrected chi connectivity index (χ1v) is 6.87. The number of carboxylic acids is 1. The molecule has 2 aliphatic rings. The third-order valence-corrected chi connectivity index (χ3v) is 4.87. The number of likely N-dealkylation sites (tertiary alicyclic amines) is 1. The molecule has 18 heavy (non-hydrogen) atoms. The number of carboxylic acid groups (broad SMARTS) is 1. The second-order valence-corrected chi connectivity index (χ2v) is 6.35. The summed E-state index contributed by atoms with van der Waals surface area (Å²) in [6, 6.07) is 0.562. The molecule has 0 radical (unpaired) electrons. The highest BCUT2D eigenvalue weighted by molar-refractivity contribution is 5.92. The second kappa shape index (κ2) is 4.25. The number of hydrogen-bond acceptors (Lipinski definition) is 2. The first kappa shape index (κ1) is 13.4. The Balaban J connectivity index is 2.15. The summed E-state index contributed by atoms with van der Waals surface area (Å²) in [5.41, 5.74) is -0.385. The van der Waals surface area contributed by atoms with Crippen LogP contribution in [0, 0.1) is 17.3 Å². The molecule has 1 aliphatic heterocycles. The number of amides is 1. The standard InChI is InChI=1S/C14H23NO3/c1-5-9-7-6-8(2)15(9)12(16)10-11(13(17)18)14(10,3)4/h8-11H,5-7H2,1-4H3,(H,17,18)/t8?,9?,10-,11+/m0/s1. The highest BCUT2D eigenvalue weighted by atomic mass is 16.4. The lowest BCUT2D eigenvalue weighted by atomic mass is 10.1. The molecule has 1 saturated heterocycles. The van der Waals surface area contributed by atoms with E-state index in [0.717, 1.165) is 19.3 Å². The maximum atomic E-state index is 12.6. The summed E-state index contributed by atoms with van der Waals surface area (Å²) in [6.45, 7) is 7.93. The molecule has 1 saturated carbocycles. The van der Waals surface area contributed by atoms with Crippen LogP contribution in [-0.4, -0.2) is 34.0 Å². The summed E-state index contributed by atoms with van der Waals surface area (Å²) in [6.07, 6.45) is 3.05. The van der Waals surface area contributed by atoms with Crippen molar-refractivity contribution in [2.75, 3.05) is 0 Å². The first-order chi connectivity index (χ1) is 8.32. The van der Waals surface area contributed by atoms with E-state index in [2.05, 4.69) is 13.8 Å². The van der Waals surface area contributed by atoms with Crippen molar-refractivity contribution in [2.24, 2.45) is 17.3 Å². The Morgan fingerprint density at radius 2 is 1.89 bits per heavy atom. The highest BCUT2D eigenvalue weighted by Gasteiger charge is 2.67. The van der Waals surface area contributed by atoms with Gasteiger partial charge in [0, 0.05) is 12.1 Å². The van der Waals surface area contributed by atoms with Gasteiger partial charge in [0.2, 0.25) is 5.91 Å². The lowest BCUT2D eigenvalue weighted by Gasteiger charge is -2.28. The van der Waals surface area contributed by atoms with Crippen LogP contribution in [0.2, 0.25) is 0 Å². The summed E-state index contributed by atoms with van der Waals surface area (Å²) in [5.74, 6) is -1.61. The molecule has 1 amide bonds. The van der Waals surface area contributed by atoms with Gasteiger partial charge in [-0.25, -0.2) is 0 Å². The van der Waals surface area contributed by atoms with Crippen LogP contribution >= 0.6 is 0 Å². The molecule has 4 atom stereocenters. The predicted molar refractivity (Wildman–Crippen MR) is 68.0 cm³/mol. The van der Waals surface area contributed by atoms with Crippen molar-refractivity contribution in [1.82, 2.24) is 4.90 Å². The number of aliphatic carboxylic acids is 1. The molecule has 2 fully saturated rings. The molecule has 0 aromatic rings. The Hall–Kier alpha value is -1.06. The summed E-state index contributed by atoms with van der Waals surface area (Å²) in [5, 5.41) is 9.17. The molecule has 0 aromatic heterocycles. The van der Waals surface area contributed by atoms with E-state index in [4.69, 9.17) is 5.11 Å². The fraction of sp³-hybridized carbons (Fsp3) is 0.857. The SMILES string of the molecule is CCC1CCC(C)N1C(=O)[C@@H]1[C@H](C(=O)O)C1(C)C. The van der Waals surface area contributed by atoms with E-state index in [-0.39, 0.29) is 23.3 Å². The maximum absolute atomic E-state index is 12.6. The van der Waals surface area contributed by atoms with Gasteiger partial charge in [-0.2, -0.15) is 0 Å². The van der Waals surface area contributed by atoms with Crippen LogP contribution in [0.25, 0.3) is 0 Å². The largest absolute Gasteiger partial charge is 0.481 e. The van der Waals surface area contributed by atoms with E-state index in [1.807, 2.05) is 18.7 Å². The number of carbonyl (C=O) groups excluding carboxylic acids is 1. The van der Waals surface area contributed by atoms with Crippen molar-refractivity contribution in [1.29, 1.82) is 0 Å². The van der Waals surface area contributed by atoms with Crippen LogP contribution in [0.4, 0.5) is 0 Å². The van der Waals surface area contributed by atoms with Gasteiger partial charge in [0.05, 0.1) is 11.8 Å². The zero-order valence-electron chi connectivity index (χ0n) is 11.6. The van der Waals surface area contributed by atoms with Gasteiger partial charge >= 0.3 is 5.97 Å². The molecule has 1 heterocycles. The van der Waals surface area contributed by atoms with E-state index >= 15 is 0 Å². The second-order valence-electron chi connectivity index (χ2n) is 6.35. The average molecular weight is 253 g/mol. The van der Waals surface area contributed by atoms with Gasteiger partial charge in [-0.05, 0) is 31.6 Å². The van der Waals surface area contributed by atoms with Crippen molar-refractivity contribution in [3.63, 3.8) is 0 Å². The maximum Gasteiger partial charge on any atom is 0.307 e. The monoisotopic (exact) mass is 253 g/mol. The van der Waals surface area contributed by atoms with E-state index in [0.29, 0.717) is 6.04 Å². The Kier molecular flexibility index (Phi) is 3.16. The molecule has 4 heteroatoms. The fourth-order valence-corrected chi connectivity index (χ4v) is 3.59. The Bertz CT molecular complexity index is 377. The minimum Gasteiger partial charge on any atom is -0.481 e. The van der Waals surface area contributed by atoms with Gasteiger partial charge in [-0.15, -0.1) is 0 Å². The van der Waals surface area contributed by atoms with Crippen molar-refractivity contribution >= 4 is 11.9 Å². The van der Waals surface area contributed by atoms with Crippen molar-refractivity contribution in [3.05, 3.63) is 0 Å². The molecular formula is C14H23NO3. The van der Waals surface area contributed by atoms with Crippen LogP contribution in [0.1, 0.15) is 47.0 Å². The quantitative estimate of drug-likeness (QED) is 0.838. The lowest BCUT2D eigenvalue weighted by molar-refractivity contribution is -0.143. The molecular weight excluding hydrogens is 230 g/mol. The number of nitrogens with zero attached hydrogens (tertiary/aromatic N) is 1. The number of carbonyl (C=O) groups is 2. The van der Waals surface area contributed by atoms with Gasteiger partial charge in [0.15, 0.2) is 0 Å². The summed E-state index contributed by atoms with van der Waals surface area (Å²) < 4.78 is 0. The lowest BCUT2D eigenvalue weighted by Crippen LogP contribution is -2.41. The van der Waals surface area contributed by atoms with Gasteiger partial charge in [-0.1, -0.05) is 20.8 Å². The fourth-order valence-electron chi connectivity index (χ4n) is 3.59. The molecule has 2 rings (SSSR count). The number of hydrogen-bond donors (Lipinski definition) is 1. The molecule has 0 spiro atoms. The minimum atomic E-state index is -0.835. The topological polar surface area (TPSA) is 57.6 Å². The molecule has 0 bridgehead atoms. The third-order valence-electron chi connectivity index (χ3n) is 4.87. The van der Waals surface area contributed by atoms with Gasteiger partial charge in [0.1, 0.15) is 0 Å². The van der Waals surface area contributed by atoms with Gasteiger partial charge in [-0.3, -0.25) is 9.59 Å². The number of rotatable bonds is 3. The van der Waals surface area contributed by atoms with Crippen molar-refractivity contribution in [2.45, 2.75) is 59.0 Å². The van der Waals surface area contributed by atoms with Gasteiger partial charge in [0.25, 0.3) is 0 Å². The Morgan fingerprint density at radius 1 is 1.28 bits per heavy atom. The highest BCUT2D eigenvalue weighted by Crippen LogP contribution is 2.59. The Labute approximate surface area is 108 Å². The van der Waals surface area contributed by atoms with Crippen LogP contribution in [0.3, 0.4) is 0 Å².